The van der Waals surface area contributed by atoms with Crippen molar-refractivity contribution in [1.82, 2.24) is 9.55 Å². The fourth-order valence-electron chi connectivity index (χ4n) is 2.52. The van der Waals surface area contributed by atoms with Crippen LogP contribution < -0.4 is 4.74 Å². The lowest BCUT2D eigenvalue weighted by Crippen LogP contribution is -2.06. The minimum atomic E-state index is 0.151. The maximum Gasteiger partial charge on any atom is 0.178 e. The first kappa shape index (κ1) is 14.4. The van der Waals surface area contributed by atoms with Crippen molar-refractivity contribution in [1.29, 1.82) is 0 Å². The fourth-order valence-corrected chi connectivity index (χ4v) is 3.25. The van der Waals surface area contributed by atoms with Crippen molar-refractivity contribution in [3.63, 3.8) is 0 Å². The topological polar surface area (TPSA) is 29.9 Å². The van der Waals surface area contributed by atoms with Gasteiger partial charge in [0, 0.05) is 4.47 Å². The number of ether oxygens (including phenoxy) is 1. The lowest BCUT2D eigenvalue weighted by atomic mass is 10.1. The van der Waals surface area contributed by atoms with Crippen LogP contribution in [0.4, 0.5) is 0 Å². The average Bonchev–Trinajstić information content (AvgIpc) is 2.81. The highest BCUT2D eigenvalue weighted by Gasteiger charge is 2.13. The van der Waals surface area contributed by atoms with E-state index in [1.165, 1.54) is 5.56 Å². The van der Waals surface area contributed by atoms with Gasteiger partial charge in [0.05, 0.1) is 24.2 Å². The molecule has 1 unspecified atom stereocenters. The number of H-pyrrole nitrogens is 1. The highest BCUT2D eigenvalue weighted by atomic mass is 79.9. The van der Waals surface area contributed by atoms with Crippen molar-refractivity contribution in [2.45, 2.75) is 13.0 Å². The number of nitrogens with zero attached hydrogens (tertiary/aromatic N) is 1. The third-order valence-corrected chi connectivity index (χ3v) is 4.46. The Kier molecular flexibility index (Phi) is 3.87. The molecular weight excluding hydrogens is 348 g/mol. The Hall–Kier alpha value is -1.59. The minimum absolute atomic E-state index is 0.151. The number of aromatic amines is 1. The van der Waals surface area contributed by atoms with Crippen LogP contribution in [0.1, 0.15) is 18.5 Å². The minimum Gasteiger partial charge on any atom is -0.497 e. The third-order valence-electron chi connectivity index (χ3n) is 3.66. The highest BCUT2D eigenvalue weighted by Crippen LogP contribution is 2.27. The van der Waals surface area contributed by atoms with Crippen LogP contribution in [0.2, 0.25) is 0 Å². The predicted octanol–water partition coefficient (Wildman–Crippen LogP) is 5.08. The molecule has 0 radical (unpaired) electrons. The number of imidazole rings is 1. The van der Waals surface area contributed by atoms with Gasteiger partial charge in [-0.15, -0.1) is 0 Å². The summed E-state index contributed by atoms with van der Waals surface area (Å²) >= 11 is 8.98. The molecule has 0 saturated carbocycles. The fraction of sp³-hybridized carbons (Fsp3) is 0.188. The van der Waals surface area contributed by atoms with Gasteiger partial charge in [-0.05, 0) is 55.0 Å². The summed E-state index contributed by atoms with van der Waals surface area (Å²) in [7, 11) is 1.67. The standard InChI is InChI=1S/C16H15BrN2OS/c1-10(11-3-6-13(20-2)7-4-11)19-15-8-5-12(17)9-14(15)18-16(19)21/h3-10H,1-2H3,(H,18,21). The molecule has 0 saturated heterocycles. The Morgan fingerprint density at radius 3 is 2.57 bits per heavy atom. The molecule has 5 heteroatoms. The van der Waals surface area contributed by atoms with Gasteiger partial charge in [-0.3, -0.25) is 0 Å². The molecule has 0 aliphatic carbocycles. The summed E-state index contributed by atoms with van der Waals surface area (Å²) in [4.78, 5) is 3.26. The molecule has 2 aromatic carbocycles. The number of aromatic nitrogens is 2. The largest absolute Gasteiger partial charge is 0.497 e. The summed E-state index contributed by atoms with van der Waals surface area (Å²) < 4.78 is 9.11. The molecule has 0 fully saturated rings. The molecule has 21 heavy (non-hydrogen) atoms. The van der Waals surface area contributed by atoms with E-state index in [4.69, 9.17) is 17.0 Å². The molecule has 0 spiro atoms. The molecule has 1 atom stereocenters. The second-order valence-electron chi connectivity index (χ2n) is 4.91. The van der Waals surface area contributed by atoms with E-state index in [1.54, 1.807) is 7.11 Å². The quantitative estimate of drug-likeness (QED) is 0.658. The Labute approximate surface area is 136 Å². The summed E-state index contributed by atoms with van der Waals surface area (Å²) in [5, 5.41) is 0. The first-order valence-corrected chi connectivity index (χ1v) is 7.84. The molecule has 0 aliphatic heterocycles. The van der Waals surface area contributed by atoms with Crippen LogP contribution in [0, 0.1) is 4.77 Å². The van der Waals surface area contributed by atoms with E-state index in [9.17, 15) is 0 Å². The van der Waals surface area contributed by atoms with Crippen molar-refractivity contribution in [3.8, 4) is 5.75 Å². The van der Waals surface area contributed by atoms with E-state index < -0.39 is 0 Å². The first-order chi connectivity index (χ1) is 10.1. The molecular formula is C16H15BrN2OS. The lowest BCUT2D eigenvalue weighted by Gasteiger charge is -2.15. The summed E-state index contributed by atoms with van der Waals surface area (Å²) in [6.07, 6.45) is 0. The van der Waals surface area contributed by atoms with Crippen LogP contribution >= 0.6 is 28.1 Å². The van der Waals surface area contributed by atoms with E-state index in [2.05, 4.69) is 50.6 Å². The smallest absolute Gasteiger partial charge is 0.178 e. The van der Waals surface area contributed by atoms with Crippen LogP contribution in [0.5, 0.6) is 5.75 Å². The maximum absolute atomic E-state index is 5.49. The number of nitrogens with one attached hydrogen (secondary N) is 1. The Balaban J connectivity index is 2.10. The van der Waals surface area contributed by atoms with Gasteiger partial charge in [-0.1, -0.05) is 28.1 Å². The summed E-state index contributed by atoms with van der Waals surface area (Å²) in [6, 6.07) is 14.4. The van der Waals surface area contributed by atoms with E-state index >= 15 is 0 Å². The van der Waals surface area contributed by atoms with Crippen molar-refractivity contribution < 1.29 is 4.74 Å². The van der Waals surface area contributed by atoms with Crippen molar-refractivity contribution in [2.24, 2.45) is 0 Å². The van der Waals surface area contributed by atoms with Gasteiger partial charge in [0.1, 0.15) is 5.75 Å². The van der Waals surface area contributed by atoms with Gasteiger partial charge in [-0.25, -0.2) is 0 Å². The van der Waals surface area contributed by atoms with E-state index in [1.807, 2.05) is 24.3 Å². The molecule has 1 aromatic heterocycles. The monoisotopic (exact) mass is 362 g/mol. The Morgan fingerprint density at radius 2 is 1.90 bits per heavy atom. The Morgan fingerprint density at radius 1 is 1.19 bits per heavy atom. The average molecular weight is 363 g/mol. The normalized spacial score (nSPS) is 12.5. The molecule has 108 valence electrons. The first-order valence-electron chi connectivity index (χ1n) is 6.64. The van der Waals surface area contributed by atoms with Crippen molar-refractivity contribution in [2.75, 3.05) is 7.11 Å². The molecule has 1 N–H and O–H groups in total. The van der Waals surface area contributed by atoms with E-state index in [0.29, 0.717) is 0 Å². The third kappa shape index (κ3) is 2.63. The van der Waals surface area contributed by atoms with Crippen molar-refractivity contribution in [3.05, 3.63) is 57.3 Å². The molecule has 0 amide bonds. The molecule has 3 rings (SSSR count). The predicted molar refractivity (Wildman–Crippen MR) is 91.6 cm³/mol. The number of fused-ring (bicyclic) bond motifs is 1. The van der Waals surface area contributed by atoms with E-state index in [-0.39, 0.29) is 6.04 Å². The van der Waals surface area contributed by atoms with Gasteiger partial charge < -0.3 is 14.3 Å². The molecule has 3 aromatic rings. The second-order valence-corrected chi connectivity index (χ2v) is 6.21. The zero-order valence-electron chi connectivity index (χ0n) is 11.8. The summed E-state index contributed by atoms with van der Waals surface area (Å²) in [5.74, 6) is 0.859. The van der Waals surface area contributed by atoms with Gasteiger partial charge in [-0.2, -0.15) is 0 Å². The van der Waals surface area contributed by atoms with Gasteiger partial charge in [0.15, 0.2) is 4.77 Å². The zero-order valence-corrected chi connectivity index (χ0v) is 14.2. The van der Waals surface area contributed by atoms with Crippen LogP contribution in [-0.4, -0.2) is 16.7 Å². The number of hydrogen-bond donors (Lipinski definition) is 1. The second kappa shape index (κ2) is 5.66. The van der Waals surface area contributed by atoms with Crippen LogP contribution in [0.15, 0.2) is 46.9 Å². The SMILES string of the molecule is COc1ccc(C(C)n2c(=S)[nH]c3cc(Br)ccc32)cc1. The summed E-state index contributed by atoms with van der Waals surface area (Å²) in [5.41, 5.74) is 3.33. The molecule has 0 bridgehead atoms. The van der Waals surface area contributed by atoms with Crippen molar-refractivity contribution >= 4 is 39.2 Å². The highest BCUT2D eigenvalue weighted by molar-refractivity contribution is 9.10. The number of halogens is 1. The van der Waals surface area contributed by atoms with Crippen LogP contribution in [0.25, 0.3) is 11.0 Å². The summed E-state index contributed by atoms with van der Waals surface area (Å²) in [6.45, 7) is 2.15. The molecule has 3 nitrogen and oxygen atoms in total. The van der Waals surface area contributed by atoms with Crippen LogP contribution in [-0.2, 0) is 0 Å². The number of methoxy groups -OCH3 is 1. The number of rotatable bonds is 3. The number of benzene rings is 2. The maximum atomic E-state index is 5.49. The molecule has 1 heterocycles. The molecule has 0 aliphatic rings. The Bertz CT molecular complexity index is 836. The van der Waals surface area contributed by atoms with Crippen LogP contribution in [0.3, 0.4) is 0 Å². The lowest BCUT2D eigenvalue weighted by molar-refractivity contribution is 0.414. The number of hydrogen-bond acceptors (Lipinski definition) is 2. The van der Waals surface area contributed by atoms with Gasteiger partial charge in [0.2, 0.25) is 0 Å². The van der Waals surface area contributed by atoms with Gasteiger partial charge >= 0.3 is 0 Å². The zero-order chi connectivity index (χ0) is 15.0. The van der Waals surface area contributed by atoms with E-state index in [0.717, 1.165) is 26.0 Å². The van der Waals surface area contributed by atoms with Gasteiger partial charge in [0.25, 0.3) is 0 Å².